The first-order chi connectivity index (χ1) is 12.8. The Morgan fingerprint density at radius 1 is 1.04 bits per heavy atom. The lowest BCUT2D eigenvalue weighted by Gasteiger charge is -2.36. The fraction of sp³-hybridized carbons (Fsp3) is 0.316. The summed E-state index contributed by atoms with van der Waals surface area (Å²) in [6, 6.07) is 12.9. The Hall–Kier alpha value is -2.61. The largest absolute Gasteiger partial charge is 0.368 e. The van der Waals surface area contributed by atoms with Crippen molar-refractivity contribution in [3.8, 4) is 0 Å². The van der Waals surface area contributed by atoms with Crippen LogP contribution in [-0.4, -0.2) is 58.7 Å². The zero-order chi connectivity index (χ0) is 19.6. The van der Waals surface area contributed by atoms with Gasteiger partial charge in [-0.25, -0.2) is 12.8 Å². The van der Waals surface area contributed by atoms with Crippen molar-refractivity contribution in [2.24, 2.45) is 0 Å². The van der Waals surface area contributed by atoms with Gasteiger partial charge in [-0.2, -0.15) is 0 Å². The van der Waals surface area contributed by atoms with Gasteiger partial charge in [0, 0.05) is 44.5 Å². The zero-order valence-corrected chi connectivity index (χ0v) is 16.1. The number of amides is 1. The summed E-state index contributed by atoms with van der Waals surface area (Å²) in [6.07, 6.45) is 1.12. The standard InChI is InChI=1S/C19H22FN3O3S/c1-21(27(2,25)26)18-5-3-4-15(14-18)19(24)23-12-10-22(11-13-23)17-8-6-16(20)7-9-17/h3-9,14H,10-13H2,1-2H3. The number of carbonyl (C=O) groups excluding carboxylic acids is 1. The van der Waals surface area contributed by atoms with Gasteiger partial charge in [-0.3, -0.25) is 9.10 Å². The molecule has 0 aliphatic carbocycles. The molecule has 0 bridgehead atoms. The Labute approximate surface area is 158 Å². The summed E-state index contributed by atoms with van der Waals surface area (Å²) >= 11 is 0. The van der Waals surface area contributed by atoms with Crippen molar-refractivity contribution in [1.82, 2.24) is 4.90 Å². The maximum Gasteiger partial charge on any atom is 0.254 e. The Kier molecular flexibility index (Phi) is 5.36. The molecule has 3 rings (SSSR count). The van der Waals surface area contributed by atoms with Gasteiger partial charge in [-0.15, -0.1) is 0 Å². The van der Waals surface area contributed by atoms with Crippen LogP contribution in [0, 0.1) is 5.82 Å². The quantitative estimate of drug-likeness (QED) is 0.802. The first-order valence-corrected chi connectivity index (χ1v) is 10.4. The molecule has 2 aromatic carbocycles. The molecule has 1 saturated heterocycles. The smallest absolute Gasteiger partial charge is 0.254 e. The molecule has 0 radical (unpaired) electrons. The third-order valence-electron chi connectivity index (χ3n) is 4.71. The van der Waals surface area contributed by atoms with Gasteiger partial charge < -0.3 is 9.80 Å². The summed E-state index contributed by atoms with van der Waals surface area (Å²) in [5, 5.41) is 0. The van der Waals surface area contributed by atoms with Gasteiger partial charge in [0.2, 0.25) is 10.0 Å². The summed E-state index contributed by atoms with van der Waals surface area (Å²) < 4.78 is 37.6. The molecule has 0 aromatic heterocycles. The van der Waals surface area contributed by atoms with Crippen molar-refractivity contribution in [3.05, 3.63) is 59.9 Å². The highest BCUT2D eigenvalue weighted by atomic mass is 32.2. The third kappa shape index (κ3) is 4.39. The number of hydrogen-bond donors (Lipinski definition) is 0. The van der Waals surface area contributed by atoms with Crippen LogP contribution in [0.3, 0.4) is 0 Å². The topological polar surface area (TPSA) is 60.9 Å². The Balaban J connectivity index is 1.68. The molecular weight excluding hydrogens is 369 g/mol. The third-order valence-corrected chi connectivity index (χ3v) is 5.92. The van der Waals surface area contributed by atoms with Crippen molar-refractivity contribution in [2.75, 3.05) is 48.7 Å². The van der Waals surface area contributed by atoms with Crippen LogP contribution in [0.1, 0.15) is 10.4 Å². The molecule has 8 heteroatoms. The molecule has 0 unspecified atom stereocenters. The second-order valence-electron chi connectivity index (χ2n) is 6.54. The maximum absolute atomic E-state index is 13.1. The predicted molar refractivity (Wildman–Crippen MR) is 104 cm³/mol. The molecule has 1 heterocycles. The lowest BCUT2D eigenvalue weighted by molar-refractivity contribution is 0.0747. The van der Waals surface area contributed by atoms with E-state index in [0.717, 1.165) is 16.2 Å². The van der Waals surface area contributed by atoms with E-state index in [9.17, 15) is 17.6 Å². The van der Waals surface area contributed by atoms with Gasteiger partial charge in [0.15, 0.2) is 0 Å². The van der Waals surface area contributed by atoms with Gasteiger partial charge in [0.1, 0.15) is 5.82 Å². The molecule has 1 amide bonds. The van der Waals surface area contributed by atoms with E-state index in [4.69, 9.17) is 0 Å². The lowest BCUT2D eigenvalue weighted by atomic mass is 10.1. The van der Waals surface area contributed by atoms with E-state index in [1.807, 2.05) is 0 Å². The second kappa shape index (κ2) is 7.56. The number of carbonyl (C=O) groups is 1. The summed E-state index contributed by atoms with van der Waals surface area (Å²) in [7, 11) is -1.93. The first kappa shape index (κ1) is 19.2. The number of anilines is 2. The van der Waals surface area contributed by atoms with Gasteiger partial charge in [0.05, 0.1) is 11.9 Å². The highest BCUT2D eigenvalue weighted by Gasteiger charge is 2.23. The molecule has 1 fully saturated rings. The number of piperazine rings is 1. The van der Waals surface area contributed by atoms with Crippen LogP contribution >= 0.6 is 0 Å². The molecule has 0 spiro atoms. The molecule has 27 heavy (non-hydrogen) atoms. The second-order valence-corrected chi connectivity index (χ2v) is 8.55. The van der Waals surface area contributed by atoms with E-state index in [-0.39, 0.29) is 11.7 Å². The SMILES string of the molecule is CN(c1cccc(C(=O)N2CCN(c3ccc(F)cc3)CC2)c1)S(C)(=O)=O. The van der Waals surface area contributed by atoms with Crippen LogP contribution in [0.15, 0.2) is 48.5 Å². The van der Waals surface area contributed by atoms with E-state index >= 15 is 0 Å². The normalized spacial score (nSPS) is 14.9. The molecule has 144 valence electrons. The molecule has 0 atom stereocenters. The molecule has 1 aliphatic heterocycles. The summed E-state index contributed by atoms with van der Waals surface area (Å²) in [4.78, 5) is 16.7. The molecule has 1 aliphatic rings. The fourth-order valence-electron chi connectivity index (χ4n) is 3.03. The van der Waals surface area contributed by atoms with Crippen LogP contribution < -0.4 is 9.21 Å². The van der Waals surface area contributed by atoms with Gasteiger partial charge in [0.25, 0.3) is 5.91 Å². The average Bonchev–Trinajstić information content (AvgIpc) is 2.67. The number of nitrogens with zero attached hydrogens (tertiary/aromatic N) is 3. The predicted octanol–water partition coefficient (Wildman–Crippen LogP) is 2.18. The number of benzene rings is 2. The van der Waals surface area contributed by atoms with Crippen molar-refractivity contribution < 1.29 is 17.6 Å². The Morgan fingerprint density at radius 2 is 1.67 bits per heavy atom. The van der Waals surface area contributed by atoms with E-state index in [0.29, 0.717) is 37.4 Å². The van der Waals surface area contributed by atoms with Crippen LogP contribution in [-0.2, 0) is 10.0 Å². The monoisotopic (exact) mass is 391 g/mol. The molecule has 0 saturated carbocycles. The van der Waals surface area contributed by atoms with Crippen LogP contribution in [0.2, 0.25) is 0 Å². The molecule has 0 N–H and O–H groups in total. The molecule has 2 aromatic rings. The number of halogens is 1. The summed E-state index contributed by atoms with van der Waals surface area (Å²) in [5.74, 6) is -0.399. The highest BCUT2D eigenvalue weighted by Crippen LogP contribution is 2.21. The van der Waals surface area contributed by atoms with Gasteiger partial charge in [-0.05, 0) is 42.5 Å². The minimum absolute atomic E-state index is 0.127. The number of rotatable bonds is 4. The van der Waals surface area contributed by atoms with E-state index in [1.165, 1.54) is 19.2 Å². The van der Waals surface area contributed by atoms with Crippen molar-refractivity contribution in [1.29, 1.82) is 0 Å². The van der Waals surface area contributed by atoms with Crippen molar-refractivity contribution in [3.63, 3.8) is 0 Å². The first-order valence-electron chi connectivity index (χ1n) is 8.59. The Morgan fingerprint density at radius 3 is 2.26 bits per heavy atom. The maximum atomic E-state index is 13.1. The minimum Gasteiger partial charge on any atom is -0.368 e. The van der Waals surface area contributed by atoms with E-state index in [1.54, 1.807) is 41.3 Å². The Bertz CT molecular complexity index is 923. The van der Waals surface area contributed by atoms with E-state index < -0.39 is 10.0 Å². The molecule has 6 nitrogen and oxygen atoms in total. The van der Waals surface area contributed by atoms with E-state index in [2.05, 4.69) is 4.90 Å². The summed E-state index contributed by atoms with van der Waals surface area (Å²) in [6.45, 7) is 2.39. The zero-order valence-electron chi connectivity index (χ0n) is 15.3. The highest BCUT2D eigenvalue weighted by molar-refractivity contribution is 7.92. The summed E-state index contributed by atoms with van der Waals surface area (Å²) in [5.41, 5.74) is 1.84. The minimum atomic E-state index is -3.39. The fourth-order valence-corrected chi connectivity index (χ4v) is 3.53. The van der Waals surface area contributed by atoms with Crippen LogP contribution in [0.4, 0.5) is 15.8 Å². The lowest BCUT2D eigenvalue weighted by Crippen LogP contribution is -2.48. The number of hydrogen-bond acceptors (Lipinski definition) is 4. The van der Waals surface area contributed by atoms with Gasteiger partial charge in [-0.1, -0.05) is 6.07 Å². The average molecular weight is 391 g/mol. The van der Waals surface area contributed by atoms with Gasteiger partial charge >= 0.3 is 0 Å². The van der Waals surface area contributed by atoms with Crippen LogP contribution in [0.25, 0.3) is 0 Å². The van der Waals surface area contributed by atoms with Crippen molar-refractivity contribution >= 4 is 27.3 Å². The van der Waals surface area contributed by atoms with Crippen molar-refractivity contribution in [2.45, 2.75) is 0 Å². The van der Waals surface area contributed by atoms with Crippen LogP contribution in [0.5, 0.6) is 0 Å². The number of sulfonamides is 1. The molecular formula is C19H22FN3O3S.